The van der Waals surface area contributed by atoms with Gasteiger partial charge in [0.15, 0.2) is 0 Å². The highest BCUT2D eigenvalue weighted by molar-refractivity contribution is 5.60. The van der Waals surface area contributed by atoms with Crippen LogP contribution in [0.5, 0.6) is 0 Å². The molecule has 0 unspecified atom stereocenters. The summed E-state index contributed by atoms with van der Waals surface area (Å²) < 4.78 is 0. The molecule has 0 spiro atoms. The molecule has 0 N–H and O–H groups in total. The van der Waals surface area contributed by atoms with E-state index in [-0.39, 0.29) is 0 Å². The lowest BCUT2D eigenvalue weighted by molar-refractivity contribution is 0.864. The molecule has 0 amide bonds. The molecule has 2 nitrogen and oxygen atoms in total. The quantitative estimate of drug-likeness (QED) is 0.729. The minimum atomic E-state index is 0.772. The standard InChI is InChI=1S/C12H16N2/c1-4-14(5-2)12-7-6-10(3)8-11(12)9-13/h6-8H,4-5H2,1-3H3. The number of hydrogen-bond donors (Lipinski definition) is 0. The molecule has 0 saturated heterocycles. The van der Waals surface area contributed by atoms with Gasteiger partial charge in [-0.25, -0.2) is 0 Å². The summed E-state index contributed by atoms with van der Waals surface area (Å²) in [5.41, 5.74) is 2.95. The van der Waals surface area contributed by atoms with Gasteiger partial charge >= 0.3 is 0 Å². The highest BCUT2D eigenvalue weighted by Crippen LogP contribution is 2.20. The van der Waals surface area contributed by atoms with Crippen LogP contribution >= 0.6 is 0 Å². The Labute approximate surface area is 85.8 Å². The molecule has 74 valence electrons. The molecule has 0 radical (unpaired) electrons. The topological polar surface area (TPSA) is 27.0 Å². The number of nitriles is 1. The third-order valence-electron chi connectivity index (χ3n) is 2.38. The fourth-order valence-corrected chi connectivity index (χ4v) is 1.58. The average Bonchev–Trinajstić information content (AvgIpc) is 2.21. The molecular formula is C12H16N2. The monoisotopic (exact) mass is 188 g/mol. The normalized spacial score (nSPS) is 9.57. The number of anilines is 1. The van der Waals surface area contributed by atoms with E-state index in [4.69, 9.17) is 5.26 Å². The second kappa shape index (κ2) is 4.66. The van der Waals surface area contributed by atoms with Gasteiger partial charge < -0.3 is 4.90 Å². The first-order chi connectivity index (χ1) is 6.72. The Kier molecular flexibility index (Phi) is 3.53. The molecule has 1 aromatic carbocycles. The molecule has 0 atom stereocenters. The van der Waals surface area contributed by atoms with E-state index in [0.717, 1.165) is 29.9 Å². The zero-order chi connectivity index (χ0) is 10.6. The van der Waals surface area contributed by atoms with Crippen molar-refractivity contribution in [2.75, 3.05) is 18.0 Å². The summed E-state index contributed by atoms with van der Waals surface area (Å²) in [7, 11) is 0. The number of benzene rings is 1. The van der Waals surface area contributed by atoms with Crippen molar-refractivity contribution in [3.63, 3.8) is 0 Å². The van der Waals surface area contributed by atoms with Gasteiger partial charge in [-0.05, 0) is 38.5 Å². The fourth-order valence-electron chi connectivity index (χ4n) is 1.58. The molecule has 0 aliphatic rings. The van der Waals surface area contributed by atoms with Crippen LogP contribution < -0.4 is 4.90 Å². The third-order valence-corrected chi connectivity index (χ3v) is 2.38. The van der Waals surface area contributed by atoms with Crippen LogP contribution in [-0.2, 0) is 0 Å². The van der Waals surface area contributed by atoms with Gasteiger partial charge in [0.1, 0.15) is 6.07 Å². The summed E-state index contributed by atoms with van der Waals surface area (Å²) in [5.74, 6) is 0. The minimum absolute atomic E-state index is 0.772. The van der Waals surface area contributed by atoms with Gasteiger partial charge in [-0.1, -0.05) is 6.07 Å². The number of rotatable bonds is 3. The Balaban J connectivity index is 3.14. The first kappa shape index (κ1) is 10.6. The summed E-state index contributed by atoms with van der Waals surface area (Å²) in [4.78, 5) is 2.19. The molecule has 0 aliphatic heterocycles. The first-order valence-corrected chi connectivity index (χ1v) is 4.98. The summed E-state index contributed by atoms with van der Waals surface area (Å²) in [5, 5.41) is 9.01. The predicted molar refractivity (Wildman–Crippen MR) is 59.5 cm³/mol. The predicted octanol–water partition coefficient (Wildman–Crippen LogP) is 2.71. The molecule has 1 aromatic rings. The maximum absolute atomic E-state index is 9.01. The number of nitrogens with zero attached hydrogens (tertiary/aromatic N) is 2. The van der Waals surface area contributed by atoms with Gasteiger partial charge in [0.05, 0.1) is 11.3 Å². The van der Waals surface area contributed by atoms with Crippen molar-refractivity contribution in [1.29, 1.82) is 5.26 Å². The van der Waals surface area contributed by atoms with Crippen molar-refractivity contribution >= 4 is 5.69 Å². The second-order valence-electron chi connectivity index (χ2n) is 3.30. The van der Waals surface area contributed by atoms with E-state index in [1.807, 2.05) is 19.1 Å². The van der Waals surface area contributed by atoms with Crippen LogP contribution in [0.15, 0.2) is 18.2 Å². The van der Waals surface area contributed by atoms with Gasteiger partial charge in [0, 0.05) is 13.1 Å². The van der Waals surface area contributed by atoms with E-state index in [1.54, 1.807) is 0 Å². The Morgan fingerprint density at radius 1 is 1.29 bits per heavy atom. The maximum Gasteiger partial charge on any atom is 0.101 e. The van der Waals surface area contributed by atoms with E-state index < -0.39 is 0 Å². The van der Waals surface area contributed by atoms with Crippen LogP contribution in [0.25, 0.3) is 0 Å². The van der Waals surface area contributed by atoms with E-state index in [9.17, 15) is 0 Å². The molecule has 0 aliphatic carbocycles. The summed E-state index contributed by atoms with van der Waals surface area (Å²) in [6.45, 7) is 8.09. The first-order valence-electron chi connectivity index (χ1n) is 4.98. The van der Waals surface area contributed by atoms with Gasteiger partial charge in [-0.15, -0.1) is 0 Å². The molecular weight excluding hydrogens is 172 g/mol. The van der Waals surface area contributed by atoms with Crippen molar-refractivity contribution in [3.05, 3.63) is 29.3 Å². The van der Waals surface area contributed by atoms with Gasteiger partial charge in [-0.2, -0.15) is 5.26 Å². The highest BCUT2D eigenvalue weighted by atomic mass is 15.1. The Bertz CT molecular complexity index is 346. The highest BCUT2D eigenvalue weighted by Gasteiger charge is 2.07. The zero-order valence-electron chi connectivity index (χ0n) is 9.04. The Hall–Kier alpha value is -1.49. The number of aryl methyl sites for hydroxylation is 1. The van der Waals surface area contributed by atoms with Crippen molar-refractivity contribution < 1.29 is 0 Å². The van der Waals surface area contributed by atoms with Crippen molar-refractivity contribution in [3.8, 4) is 6.07 Å². The van der Waals surface area contributed by atoms with E-state index >= 15 is 0 Å². The largest absolute Gasteiger partial charge is 0.371 e. The van der Waals surface area contributed by atoms with Crippen LogP contribution in [0.4, 0.5) is 5.69 Å². The van der Waals surface area contributed by atoms with Gasteiger partial charge in [-0.3, -0.25) is 0 Å². The van der Waals surface area contributed by atoms with E-state index in [1.165, 1.54) is 0 Å². The molecule has 2 heteroatoms. The van der Waals surface area contributed by atoms with E-state index in [0.29, 0.717) is 0 Å². The molecule has 0 fully saturated rings. The lowest BCUT2D eigenvalue weighted by Gasteiger charge is -2.22. The van der Waals surface area contributed by atoms with Crippen LogP contribution in [-0.4, -0.2) is 13.1 Å². The minimum Gasteiger partial charge on any atom is -0.371 e. The number of hydrogen-bond acceptors (Lipinski definition) is 2. The van der Waals surface area contributed by atoms with Crippen molar-refractivity contribution in [2.24, 2.45) is 0 Å². The molecule has 14 heavy (non-hydrogen) atoms. The zero-order valence-corrected chi connectivity index (χ0v) is 9.04. The maximum atomic E-state index is 9.01. The van der Waals surface area contributed by atoms with Gasteiger partial charge in [0.25, 0.3) is 0 Å². The van der Waals surface area contributed by atoms with Crippen LogP contribution in [0, 0.1) is 18.3 Å². The van der Waals surface area contributed by atoms with Crippen molar-refractivity contribution in [1.82, 2.24) is 0 Å². The van der Waals surface area contributed by atoms with Gasteiger partial charge in [0.2, 0.25) is 0 Å². The fraction of sp³-hybridized carbons (Fsp3) is 0.417. The molecule has 1 rings (SSSR count). The molecule has 0 aromatic heterocycles. The summed E-state index contributed by atoms with van der Waals surface area (Å²) >= 11 is 0. The SMILES string of the molecule is CCN(CC)c1ccc(C)cc1C#N. The second-order valence-corrected chi connectivity index (χ2v) is 3.30. The summed E-state index contributed by atoms with van der Waals surface area (Å²) in [6.07, 6.45) is 0. The smallest absolute Gasteiger partial charge is 0.101 e. The van der Waals surface area contributed by atoms with Crippen LogP contribution in [0.3, 0.4) is 0 Å². The molecule has 0 bridgehead atoms. The third kappa shape index (κ3) is 2.05. The van der Waals surface area contributed by atoms with E-state index in [2.05, 4.69) is 30.9 Å². The Morgan fingerprint density at radius 3 is 2.43 bits per heavy atom. The lowest BCUT2D eigenvalue weighted by atomic mass is 10.1. The van der Waals surface area contributed by atoms with Crippen LogP contribution in [0.1, 0.15) is 25.0 Å². The molecule has 0 heterocycles. The average molecular weight is 188 g/mol. The summed E-state index contributed by atoms with van der Waals surface area (Å²) in [6, 6.07) is 8.26. The lowest BCUT2D eigenvalue weighted by Crippen LogP contribution is -2.22. The van der Waals surface area contributed by atoms with Crippen LogP contribution in [0.2, 0.25) is 0 Å². The Morgan fingerprint density at radius 2 is 1.93 bits per heavy atom. The van der Waals surface area contributed by atoms with Crippen molar-refractivity contribution in [2.45, 2.75) is 20.8 Å². The molecule has 0 saturated carbocycles.